The summed E-state index contributed by atoms with van der Waals surface area (Å²) < 4.78 is 4.75. The summed E-state index contributed by atoms with van der Waals surface area (Å²) in [5.74, 6) is -0.429. The molecule has 0 saturated heterocycles. The van der Waals surface area contributed by atoms with Crippen LogP contribution in [0.15, 0.2) is 0 Å². The van der Waals surface area contributed by atoms with Gasteiger partial charge in [0.2, 0.25) is 0 Å². The molecule has 0 fully saturated rings. The van der Waals surface area contributed by atoms with Gasteiger partial charge in [-0.2, -0.15) is 0 Å². The van der Waals surface area contributed by atoms with Crippen LogP contribution in [0, 0.1) is 5.41 Å². The van der Waals surface area contributed by atoms with Gasteiger partial charge in [-0.1, -0.05) is 33.6 Å². The Balaban J connectivity index is 4.12. The van der Waals surface area contributed by atoms with E-state index in [-0.39, 0.29) is 12.2 Å². The Morgan fingerprint density at radius 3 is 2.27 bits per heavy atom. The number of unbranched alkanes of at least 4 members (excludes halogenated alkanes) is 1. The standard InChI is InChI=1S/C12H22O3/c1-5-7-8-12(3,4)10(13)9-11(14)15-6-2/h5-9H2,1-4H3. The number of Topliss-reactive ketones (excluding diaryl/α,β-unsaturated/α-hetero) is 1. The van der Waals surface area contributed by atoms with Gasteiger partial charge >= 0.3 is 5.97 Å². The highest BCUT2D eigenvalue weighted by Gasteiger charge is 2.28. The van der Waals surface area contributed by atoms with E-state index in [4.69, 9.17) is 4.74 Å². The molecule has 0 bridgehead atoms. The van der Waals surface area contributed by atoms with Crippen LogP contribution in [-0.2, 0) is 14.3 Å². The maximum absolute atomic E-state index is 11.8. The minimum Gasteiger partial charge on any atom is -0.466 e. The van der Waals surface area contributed by atoms with Crippen molar-refractivity contribution in [2.75, 3.05) is 6.61 Å². The topological polar surface area (TPSA) is 43.4 Å². The first-order valence-corrected chi connectivity index (χ1v) is 5.63. The van der Waals surface area contributed by atoms with E-state index >= 15 is 0 Å². The molecule has 0 rings (SSSR count). The molecule has 0 aromatic rings. The van der Waals surface area contributed by atoms with Gasteiger partial charge in [0.25, 0.3) is 0 Å². The number of hydrogen-bond acceptors (Lipinski definition) is 3. The molecule has 0 amide bonds. The first-order valence-electron chi connectivity index (χ1n) is 5.63. The van der Waals surface area contributed by atoms with Crippen molar-refractivity contribution in [3.63, 3.8) is 0 Å². The van der Waals surface area contributed by atoms with E-state index in [1.807, 2.05) is 13.8 Å². The lowest BCUT2D eigenvalue weighted by Crippen LogP contribution is -2.27. The Kier molecular flexibility index (Phi) is 6.21. The maximum Gasteiger partial charge on any atom is 0.313 e. The summed E-state index contributed by atoms with van der Waals surface area (Å²) in [5.41, 5.74) is -0.400. The Bertz CT molecular complexity index is 219. The van der Waals surface area contributed by atoms with Gasteiger partial charge in [0.15, 0.2) is 0 Å². The van der Waals surface area contributed by atoms with Crippen LogP contribution >= 0.6 is 0 Å². The van der Waals surface area contributed by atoms with Crippen molar-refractivity contribution in [1.82, 2.24) is 0 Å². The smallest absolute Gasteiger partial charge is 0.313 e. The quantitative estimate of drug-likeness (QED) is 0.483. The zero-order valence-corrected chi connectivity index (χ0v) is 10.3. The van der Waals surface area contributed by atoms with Gasteiger partial charge in [-0.25, -0.2) is 0 Å². The molecule has 0 aliphatic heterocycles. The Labute approximate surface area is 92.2 Å². The van der Waals surface area contributed by atoms with Crippen LogP contribution in [0.1, 0.15) is 53.4 Å². The predicted molar refractivity (Wildman–Crippen MR) is 59.6 cm³/mol. The summed E-state index contributed by atoms with van der Waals surface area (Å²) in [4.78, 5) is 22.9. The number of ether oxygens (including phenoxy) is 1. The van der Waals surface area contributed by atoms with Crippen molar-refractivity contribution >= 4 is 11.8 Å². The van der Waals surface area contributed by atoms with Crippen molar-refractivity contribution in [3.8, 4) is 0 Å². The summed E-state index contributed by atoms with van der Waals surface area (Å²) in [6.45, 7) is 7.95. The number of carbonyl (C=O) groups excluding carboxylic acids is 2. The van der Waals surface area contributed by atoms with E-state index in [1.165, 1.54) is 0 Å². The van der Waals surface area contributed by atoms with Crippen molar-refractivity contribution < 1.29 is 14.3 Å². The molecule has 0 N–H and O–H groups in total. The minimum atomic E-state index is -0.410. The average molecular weight is 214 g/mol. The number of ketones is 1. The van der Waals surface area contributed by atoms with Crippen LogP contribution in [0.4, 0.5) is 0 Å². The van der Waals surface area contributed by atoms with Crippen LogP contribution in [0.3, 0.4) is 0 Å². The van der Waals surface area contributed by atoms with E-state index in [0.29, 0.717) is 6.61 Å². The van der Waals surface area contributed by atoms with Gasteiger partial charge in [-0.3, -0.25) is 9.59 Å². The van der Waals surface area contributed by atoms with Gasteiger partial charge in [-0.15, -0.1) is 0 Å². The second kappa shape index (κ2) is 6.59. The molecule has 0 spiro atoms. The molecule has 0 aliphatic rings. The molecule has 0 radical (unpaired) electrons. The molecule has 3 nitrogen and oxygen atoms in total. The highest BCUT2D eigenvalue weighted by molar-refractivity contribution is 5.98. The summed E-state index contributed by atoms with van der Waals surface area (Å²) in [5, 5.41) is 0. The zero-order chi connectivity index (χ0) is 11.9. The van der Waals surface area contributed by atoms with Gasteiger partial charge in [0.1, 0.15) is 12.2 Å². The maximum atomic E-state index is 11.8. The lowest BCUT2D eigenvalue weighted by Gasteiger charge is -2.22. The van der Waals surface area contributed by atoms with Crippen molar-refractivity contribution in [2.45, 2.75) is 53.4 Å². The lowest BCUT2D eigenvalue weighted by molar-refractivity contribution is -0.147. The predicted octanol–water partition coefficient (Wildman–Crippen LogP) is 2.73. The van der Waals surface area contributed by atoms with Crippen molar-refractivity contribution in [1.29, 1.82) is 0 Å². The van der Waals surface area contributed by atoms with E-state index < -0.39 is 11.4 Å². The molecule has 15 heavy (non-hydrogen) atoms. The van der Waals surface area contributed by atoms with Gasteiger partial charge in [0.05, 0.1) is 6.61 Å². The van der Waals surface area contributed by atoms with Crippen molar-refractivity contribution in [2.24, 2.45) is 5.41 Å². The molecule has 0 unspecified atom stereocenters. The molecule has 0 atom stereocenters. The molecule has 3 heteroatoms. The molecule has 0 heterocycles. The molecule has 88 valence electrons. The van der Waals surface area contributed by atoms with E-state index in [9.17, 15) is 9.59 Å². The summed E-state index contributed by atoms with van der Waals surface area (Å²) >= 11 is 0. The third-order valence-corrected chi connectivity index (χ3v) is 2.52. The summed E-state index contributed by atoms with van der Waals surface area (Å²) in [6.07, 6.45) is 2.82. The molecular formula is C12H22O3. The number of rotatable bonds is 7. The highest BCUT2D eigenvalue weighted by Crippen LogP contribution is 2.25. The molecular weight excluding hydrogens is 192 g/mol. The van der Waals surface area contributed by atoms with Crippen molar-refractivity contribution in [3.05, 3.63) is 0 Å². The Morgan fingerprint density at radius 1 is 1.20 bits per heavy atom. The fourth-order valence-electron chi connectivity index (χ4n) is 1.34. The molecule has 0 aliphatic carbocycles. The highest BCUT2D eigenvalue weighted by atomic mass is 16.5. The largest absolute Gasteiger partial charge is 0.466 e. The van der Waals surface area contributed by atoms with E-state index in [0.717, 1.165) is 19.3 Å². The monoisotopic (exact) mass is 214 g/mol. The first kappa shape index (κ1) is 14.1. The SMILES string of the molecule is CCCCC(C)(C)C(=O)CC(=O)OCC. The van der Waals surface area contributed by atoms with Gasteiger partial charge in [0, 0.05) is 5.41 Å². The summed E-state index contributed by atoms with van der Waals surface area (Å²) in [7, 11) is 0. The third-order valence-electron chi connectivity index (χ3n) is 2.52. The lowest BCUT2D eigenvalue weighted by atomic mass is 9.81. The fraction of sp³-hybridized carbons (Fsp3) is 0.833. The Hall–Kier alpha value is -0.860. The van der Waals surface area contributed by atoms with Gasteiger partial charge < -0.3 is 4.74 Å². The van der Waals surface area contributed by atoms with Crippen LogP contribution < -0.4 is 0 Å². The summed E-state index contributed by atoms with van der Waals surface area (Å²) in [6, 6.07) is 0. The minimum absolute atomic E-state index is 0.0191. The van der Waals surface area contributed by atoms with E-state index in [1.54, 1.807) is 6.92 Å². The van der Waals surface area contributed by atoms with Crippen LogP contribution in [0.2, 0.25) is 0 Å². The second-order valence-electron chi connectivity index (χ2n) is 4.39. The molecule has 0 aromatic carbocycles. The normalized spacial score (nSPS) is 11.2. The average Bonchev–Trinajstić information content (AvgIpc) is 2.15. The Morgan fingerprint density at radius 2 is 1.80 bits per heavy atom. The van der Waals surface area contributed by atoms with E-state index in [2.05, 4.69) is 6.92 Å². The number of hydrogen-bond donors (Lipinski definition) is 0. The van der Waals surface area contributed by atoms with Crippen LogP contribution in [0.25, 0.3) is 0 Å². The fourth-order valence-corrected chi connectivity index (χ4v) is 1.34. The van der Waals surface area contributed by atoms with Crippen LogP contribution in [0.5, 0.6) is 0 Å². The number of carbonyl (C=O) groups is 2. The molecule has 0 aromatic heterocycles. The molecule has 0 saturated carbocycles. The second-order valence-corrected chi connectivity index (χ2v) is 4.39. The van der Waals surface area contributed by atoms with Crippen LogP contribution in [-0.4, -0.2) is 18.4 Å². The first-order chi connectivity index (χ1) is 6.94. The third kappa shape index (κ3) is 5.55. The van der Waals surface area contributed by atoms with Gasteiger partial charge in [-0.05, 0) is 13.3 Å². The zero-order valence-electron chi connectivity index (χ0n) is 10.3. The number of esters is 1.